The minimum atomic E-state index is -0.634. The standard InChI is InChI=1S/C85H71NO/c1-5-61(63-31-33-64(34-32-63)66-37-35-65-36-38-67(65)53-66)52-59(4)62-39-45-75(46-40-62)87-56-60-29-41-70(42-30-60)85(71-50-57(2)49-58(3)51-71)81-28-18-16-26-77(81)79-48-44-74(55-83(79)85)86(72-23-13-8-14-24-72)73-43-47-78-76-25-15-17-27-80(76)84(82(78)54-73,68-19-9-6-10-20-68)69-21-11-7-12-22-69/h6-35,37,39-51,53-55,59,61H,5,36,38,52,56H2,1-4H3. The van der Waals surface area contributed by atoms with Crippen molar-refractivity contribution >= 4 is 17.1 Å². The Kier molecular flexibility index (Phi) is 13.8. The third-order valence-electron chi connectivity index (χ3n) is 19.6. The molecule has 0 spiro atoms. The maximum absolute atomic E-state index is 6.61. The highest BCUT2D eigenvalue weighted by Gasteiger charge is 2.48. The van der Waals surface area contributed by atoms with Crippen LogP contribution in [0.25, 0.3) is 33.4 Å². The van der Waals surface area contributed by atoms with Crippen molar-refractivity contribution in [1.29, 1.82) is 0 Å². The fourth-order valence-electron chi connectivity index (χ4n) is 15.3. The van der Waals surface area contributed by atoms with Gasteiger partial charge in [-0.3, -0.25) is 0 Å². The predicted octanol–water partition coefficient (Wildman–Crippen LogP) is 21.5. The molecule has 0 amide bonds. The third kappa shape index (κ3) is 9.24. The largest absolute Gasteiger partial charge is 0.489 e. The van der Waals surface area contributed by atoms with Gasteiger partial charge in [0.1, 0.15) is 12.4 Å². The normalized spacial score (nSPS) is 15.4. The van der Waals surface area contributed by atoms with E-state index in [-0.39, 0.29) is 0 Å². The lowest BCUT2D eigenvalue weighted by Crippen LogP contribution is -2.29. The van der Waals surface area contributed by atoms with Crippen LogP contribution in [-0.4, -0.2) is 0 Å². The quantitative estimate of drug-likeness (QED) is 0.0956. The fourth-order valence-corrected chi connectivity index (χ4v) is 15.3. The van der Waals surface area contributed by atoms with Crippen molar-refractivity contribution in [2.24, 2.45) is 0 Å². The van der Waals surface area contributed by atoms with Gasteiger partial charge in [-0.2, -0.15) is 0 Å². The first kappa shape index (κ1) is 53.9. The summed E-state index contributed by atoms with van der Waals surface area (Å²) in [4.78, 5) is 2.48. The second-order valence-corrected chi connectivity index (χ2v) is 24.7. The fraction of sp³-hybridized carbons (Fsp3) is 0.153. The second-order valence-electron chi connectivity index (χ2n) is 24.7. The third-order valence-corrected chi connectivity index (χ3v) is 19.6. The molecular weight excluding hydrogens is 1050 g/mol. The molecule has 0 aromatic heterocycles. The molecule has 422 valence electrons. The lowest BCUT2D eigenvalue weighted by atomic mass is 9.67. The number of anilines is 3. The van der Waals surface area contributed by atoms with Crippen LogP contribution >= 0.6 is 0 Å². The molecule has 3 aliphatic carbocycles. The Balaban J connectivity index is 0.763. The van der Waals surface area contributed by atoms with Crippen LogP contribution in [0.3, 0.4) is 0 Å². The van der Waals surface area contributed by atoms with E-state index < -0.39 is 10.8 Å². The molecule has 0 fully saturated rings. The van der Waals surface area contributed by atoms with Gasteiger partial charge in [0, 0.05) is 17.1 Å². The number of aryl methyl sites for hydroxylation is 4. The van der Waals surface area contributed by atoms with Gasteiger partial charge in [-0.15, -0.1) is 0 Å². The van der Waals surface area contributed by atoms with E-state index in [2.05, 4.69) is 318 Å². The maximum atomic E-state index is 6.61. The zero-order chi connectivity index (χ0) is 58.6. The second kappa shape index (κ2) is 22.3. The van der Waals surface area contributed by atoms with Gasteiger partial charge in [-0.25, -0.2) is 0 Å². The van der Waals surface area contributed by atoms with Gasteiger partial charge >= 0.3 is 0 Å². The molecule has 0 aliphatic heterocycles. The van der Waals surface area contributed by atoms with Crippen LogP contribution in [0.2, 0.25) is 0 Å². The molecule has 0 heterocycles. The average Bonchev–Trinajstić information content (AvgIpc) is 1.64. The molecule has 12 aromatic rings. The number of fused-ring (bicyclic) bond motifs is 7. The Morgan fingerprint density at radius 2 is 0.885 bits per heavy atom. The van der Waals surface area contributed by atoms with Gasteiger partial charge in [0.05, 0.1) is 10.8 Å². The number of rotatable bonds is 16. The van der Waals surface area contributed by atoms with E-state index in [9.17, 15) is 0 Å². The lowest BCUT2D eigenvalue weighted by molar-refractivity contribution is 0.306. The van der Waals surface area contributed by atoms with Gasteiger partial charge in [-0.1, -0.05) is 262 Å². The van der Waals surface area contributed by atoms with Crippen LogP contribution in [0.15, 0.2) is 285 Å². The molecular formula is C85H71NO. The van der Waals surface area contributed by atoms with Gasteiger partial charge in [0.2, 0.25) is 0 Å². The van der Waals surface area contributed by atoms with Crippen LogP contribution in [-0.2, 0) is 30.3 Å². The Hall–Kier alpha value is -9.76. The Morgan fingerprint density at radius 1 is 0.391 bits per heavy atom. The lowest BCUT2D eigenvalue weighted by Gasteiger charge is -2.36. The summed E-state index contributed by atoms with van der Waals surface area (Å²) in [5, 5.41) is 0. The zero-order valence-electron chi connectivity index (χ0n) is 50.2. The topological polar surface area (TPSA) is 12.5 Å². The summed E-state index contributed by atoms with van der Waals surface area (Å²) in [5.41, 5.74) is 29.3. The number of ether oxygens (including phenoxy) is 1. The van der Waals surface area contributed by atoms with Gasteiger partial charge < -0.3 is 9.64 Å². The van der Waals surface area contributed by atoms with Gasteiger partial charge in [0.25, 0.3) is 0 Å². The summed E-state index contributed by atoms with van der Waals surface area (Å²) in [5.74, 6) is 1.79. The highest BCUT2D eigenvalue weighted by molar-refractivity contribution is 5.92. The summed E-state index contributed by atoms with van der Waals surface area (Å²) in [7, 11) is 0. The van der Waals surface area contributed by atoms with Gasteiger partial charge in [-0.05, 0) is 206 Å². The molecule has 0 radical (unpaired) electrons. The average molecular weight is 1120 g/mol. The van der Waals surface area contributed by atoms with E-state index in [0.717, 1.165) is 41.2 Å². The van der Waals surface area contributed by atoms with Crippen molar-refractivity contribution in [3.05, 3.63) is 369 Å². The SMILES string of the molecule is CCC(CC(C)c1ccc(OCc2ccc(C3(c4cc(C)cc(C)c4)c4ccccc4-c4ccc(N(c5ccccc5)c5ccc6c(c5)C(c5ccccc5)(c5ccccc5)c5ccccc5-6)cc43)cc2)cc1)c1ccc(-c2ccc3c(c2)CC3)cc1. The summed E-state index contributed by atoms with van der Waals surface area (Å²) in [6.45, 7) is 9.64. The van der Waals surface area contributed by atoms with Crippen LogP contribution in [0.4, 0.5) is 17.1 Å². The number of para-hydroxylation sites is 1. The smallest absolute Gasteiger partial charge is 0.119 e. The van der Waals surface area contributed by atoms with E-state index in [1.54, 1.807) is 0 Å². The van der Waals surface area contributed by atoms with E-state index in [1.165, 1.54) is 124 Å². The molecule has 0 saturated heterocycles. The first-order chi connectivity index (χ1) is 42.8. The van der Waals surface area contributed by atoms with E-state index in [1.807, 2.05) is 0 Å². The minimum absolute atomic E-state index is 0.412. The molecule has 12 aromatic carbocycles. The molecule has 0 saturated carbocycles. The van der Waals surface area contributed by atoms with E-state index in [4.69, 9.17) is 4.74 Å². The first-order valence-corrected chi connectivity index (χ1v) is 31.4. The molecule has 87 heavy (non-hydrogen) atoms. The Labute approximate surface area is 514 Å². The van der Waals surface area contributed by atoms with Crippen LogP contribution in [0.5, 0.6) is 5.75 Å². The van der Waals surface area contributed by atoms with Crippen LogP contribution < -0.4 is 9.64 Å². The van der Waals surface area contributed by atoms with Crippen molar-refractivity contribution in [3.63, 3.8) is 0 Å². The maximum Gasteiger partial charge on any atom is 0.119 e. The highest BCUT2D eigenvalue weighted by atomic mass is 16.5. The van der Waals surface area contributed by atoms with E-state index >= 15 is 0 Å². The molecule has 2 nitrogen and oxygen atoms in total. The molecule has 3 unspecified atom stereocenters. The summed E-state index contributed by atoms with van der Waals surface area (Å²) >= 11 is 0. The highest BCUT2D eigenvalue weighted by Crippen LogP contribution is 2.60. The first-order valence-electron chi connectivity index (χ1n) is 31.4. The van der Waals surface area contributed by atoms with Gasteiger partial charge in [0.15, 0.2) is 0 Å². The van der Waals surface area contributed by atoms with Crippen LogP contribution in [0, 0.1) is 13.8 Å². The van der Waals surface area contributed by atoms with Crippen molar-refractivity contribution in [1.82, 2.24) is 0 Å². The zero-order valence-corrected chi connectivity index (χ0v) is 50.2. The number of nitrogens with zero attached hydrogens (tertiary/aromatic N) is 1. The van der Waals surface area contributed by atoms with Crippen molar-refractivity contribution < 1.29 is 4.74 Å². The Morgan fingerprint density at radius 3 is 1.44 bits per heavy atom. The molecule has 2 heteroatoms. The predicted molar refractivity (Wildman–Crippen MR) is 361 cm³/mol. The molecule has 0 bridgehead atoms. The summed E-state index contributed by atoms with van der Waals surface area (Å²) in [6, 6.07) is 107. The van der Waals surface area contributed by atoms with Crippen molar-refractivity contribution in [3.8, 4) is 39.1 Å². The monoisotopic (exact) mass is 1120 g/mol. The molecule has 3 aliphatic rings. The number of hydrogen-bond acceptors (Lipinski definition) is 2. The number of benzene rings is 12. The molecule has 15 rings (SSSR count). The molecule has 0 N–H and O–H groups in total. The Bertz CT molecular complexity index is 4430. The van der Waals surface area contributed by atoms with Crippen LogP contribution in [0.1, 0.15) is 122 Å². The summed E-state index contributed by atoms with van der Waals surface area (Å²) in [6.07, 6.45) is 4.64. The van der Waals surface area contributed by atoms with Crippen molar-refractivity contribution in [2.75, 3.05) is 4.90 Å². The minimum Gasteiger partial charge on any atom is -0.489 e. The molecule has 3 atom stereocenters. The number of hydrogen-bond donors (Lipinski definition) is 0. The summed E-state index contributed by atoms with van der Waals surface area (Å²) < 4.78 is 6.61. The van der Waals surface area contributed by atoms with E-state index in [0.29, 0.717) is 18.4 Å². The van der Waals surface area contributed by atoms with Crippen molar-refractivity contribution in [2.45, 2.75) is 82.7 Å².